The predicted octanol–water partition coefficient (Wildman–Crippen LogP) is 8.44. The van der Waals surface area contributed by atoms with Crippen LogP contribution in [-0.4, -0.2) is 18.9 Å². The second-order valence-corrected chi connectivity index (χ2v) is 11.3. The van der Waals surface area contributed by atoms with Gasteiger partial charge in [-0.15, -0.1) is 0 Å². The summed E-state index contributed by atoms with van der Waals surface area (Å²) in [6, 6.07) is 35.3. The molecule has 0 fully saturated rings. The first-order valence-corrected chi connectivity index (χ1v) is 14.6. The van der Waals surface area contributed by atoms with E-state index in [0.29, 0.717) is 23.5 Å². The first-order chi connectivity index (χ1) is 21.0. The molecule has 0 bridgehead atoms. The van der Waals surface area contributed by atoms with Gasteiger partial charge >= 0.3 is 5.97 Å². The summed E-state index contributed by atoms with van der Waals surface area (Å²) in [5, 5.41) is 5.97. The minimum Gasteiger partial charge on any atom is -0.493 e. The summed E-state index contributed by atoms with van der Waals surface area (Å²) in [5.41, 5.74) is 7.56. The van der Waals surface area contributed by atoms with Crippen molar-refractivity contribution in [2.24, 2.45) is 0 Å². The lowest BCUT2D eigenvalue weighted by atomic mass is 9.71. The van der Waals surface area contributed by atoms with E-state index in [0.717, 1.165) is 50.7 Å². The SMILES string of the molecule is COc1cc([C@H]2Nc3ccc4ccccc4c3C3=C2C(=O)C[C@@H](c2ccccc2)C3)ccc1OC(=O)c1ccc(C)cc1. The summed E-state index contributed by atoms with van der Waals surface area (Å²) in [4.78, 5) is 27.0. The lowest BCUT2D eigenvalue weighted by molar-refractivity contribution is -0.116. The maximum atomic E-state index is 14.1. The number of hydrogen-bond donors (Lipinski definition) is 1. The van der Waals surface area contributed by atoms with Gasteiger partial charge in [-0.3, -0.25) is 4.79 Å². The smallest absolute Gasteiger partial charge is 0.343 e. The minimum absolute atomic E-state index is 0.108. The quantitative estimate of drug-likeness (QED) is 0.171. The number of methoxy groups -OCH3 is 1. The van der Waals surface area contributed by atoms with Gasteiger partial charge in [0.1, 0.15) is 0 Å². The largest absolute Gasteiger partial charge is 0.493 e. The van der Waals surface area contributed by atoms with Gasteiger partial charge in [0.15, 0.2) is 17.3 Å². The maximum absolute atomic E-state index is 14.1. The number of ether oxygens (including phenoxy) is 2. The third kappa shape index (κ3) is 4.87. The molecule has 0 saturated heterocycles. The van der Waals surface area contributed by atoms with Gasteiger partial charge in [0.25, 0.3) is 0 Å². The highest BCUT2D eigenvalue weighted by Gasteiger charge is 2.38. The van der Waals surface area contributed by atoms with Crippen molar-refractivity contribution in [1.29, 1.82) is 0 Å². The summed E-state index contributed by atoms with van der Waals surface area (Å²) in [7, 11) is 1.55. The lowest BCUT2D eigenvalue weighted by Crippen LogP contribution is -2.29. The maximum Gasteiger partial charge on any atom is 0.343 e. The van der Waals surface area contributed by atoms with Crippen LogP contribution >= 0.6 is 0 Å². The standard InChI is InChI=1S/C38H31NO4/c1-23-12-14-26(15-13-23)38(41)43-33-19-17-27(22-34(33)42-2)37-36-30(20-28(21-32(36)40)24-8-4-3-5-9-24)35-29-11-7-6-10-25(29)16-18-31(35)39-37/h3-19,22,28,37,39H,20-21H2,1-2H3/t28-,37+/m0/s1. The van der Waals surface area contributed by atoms with Crippen LogP contribution in [0.4, 0.5) is 5.69 Å². The first kappa shape index (κ1) is 26.7. The second-order valence-electron chi connectivity index (χ2n) is 11.3. The van der Waals surface area contributed by atoms with E-state index in [1.165, 1.54) is 5.56 Å². The Morgan fingerprint density at radius 3 is 2.35 bits per heavy atom. The number of benzene rings is 5. The molecule has 7 rings (SSSR count). The monoisotopic (exact) mass is 565 g/mol. The normalized spacial score (nSPS) is 17.6. The second kappa shape index (κ2) is 10.9. The Morgan fingerprint density at radius 2 is 1.56 bits per heavy atom. The number of nitrogens with one attached hydrogen (secondary N) is 1. The summed E-state index contributed by atoms with van der Waals surface area (Å²) >= 11 is 0. The van der Waals surface area contributed by atoms with Crippen molar-refractivity contribution in [1.82, 2.24) is 0 Å². The summed E-state index contributed by atoms with van der Waals surface area (Å²) < 4.78 is 11.4. The molecule has 0 spiro atoms. The third-order valence-electron chi connectivity index (χ3n) is 8.61. The molecule has 1 aliphatic heterocycles. The van der Waals surface area contributed by atoms with Crippen molar-refractivity contribution in [3.63, 3.8) is 0 Å². The van der Waals surface area contributed by atoms with Crippen molar-refractivity contribution >= 4 is 33.8 Å². The van der Waals surface area contributed by atoms with E-state index in [9.17, 15) is 9.59 Å². The van der Waals surface area contributed by atoms with Gasteiger partial charge in [-0.2, -0.15) is 0 Å². The Labute approximate surface area is 250 Å². The molecule has 0 amide bonds. The fourth-order valence-electron chi connectivity index (χ4n) is 6.45. The number of Topliss-reactive ketones (excluding diaryl/α,β-unsaturated/α-hetero) is 1. The molecule has 2 atom stereocenters. The van der Waals surface area contributed by atoms with Crippen molar-refractivity contribution < 1.29 is 19.1 Å². The van der Waals surface area contributed by atoms with Crippen LogP contribution in [0.3, 0.4) is 0 Å². The molecule has 5 nitrogen and oxygen atoms in total. The molecule has 0 unspecified atom stereocenters. The van der Waals surface area contributed by atoms with Crippen LogP contribution in [0.15, 0.2) is 115 Å². The number of fused-ring (bicyclic) bond motifs is 4. The number of rotatable bonds is 5. The molecule has 5 aromatic carbocycles. The number of carbonyl (C=O) groups is 2. The molecule has 1 aliphatic carbocycles. The van der Waals surface area contributed by atoms with Gasteiger partial charge in [-0.05, 0) is 77.1 Å². The topological polar surface area (TPSA) is 64.6 Å². The van der Waals surface area contributed by atoms with Crippen LogP contribution in [0.25, 0.3) is 16.3 Å². The fourth-order valence-corrected chi connectivity index (χ4v) is 6.45. The molecule has 212 valence electrons. The van der Waals surface area contributed by atoms with Crippen molar-refractivity contribution in [3.05, 3.63) is 143 Å². The highest BCUT2D eigenvalue weighted by Crippen LogP contribution is 2.51. The van der Waals surface area contributed by atoms with Crippen LogP contribution in [0, 0.1) is 6.92 Å². The molecule has 5 aromatic rings. The van der Waals surface area contributed by atoms with E-state index in [1.807, 2.05) is 55.5 Å². The number of ketones is 1. The van der Waals surface area contributed by atoms with E-state index in [2.05, 4.69) is 47.8 Å². The van der Waals surface area contributed by atoms with Crippen molar-refractivity contribution in [2.75, 3.05) is 12.4 Å². The Kier molecular flexibility index (Phi) is 6.78. The van der Waals surface area contributed by atoms with Crippen molar-refractivity contribution in [3.8, 4) is 11.5 Å². The highest BCUT2D eigenvalue weighted by molar-refractivity contribution is 6.13. The zero-order valence-corrected chi connectivity index (χ0v) is 24.1. The highest BCUT2D eigenvalue weighted by atomic mass is 16.6. The summed E-state index contributed by atoms with van der Waals surface area (Å²) in [5.74, 6) is 0.544. The fraction of sp³-hybridized carbons (Fsp3) is 0.158. The van der Waals surface area contributed by atoms with E-state index in [1.54, 1.807) is 25.3 Å². The summed E-state index contributed by atoms with van der Waals surface area (Å²) in [6.45, 7) is 1.97. The van der Waals surface area contributed by atoms with Crippen LogP contribution in [0.5, 0.6) is 11.5 Å². The Morgan fingerprint density at radius 1 is 0.791 bits per heavy atom. The van der Waals surface area contributed by atoms with Gasteiger partial charge in [-0.25, -0.2) is 4.79 Å². The number of allylic oxidation sites excluding steroid dienone is 1. The molecular weight excluding hydrogens is 534 g/mol. The number of carbonyl (C=O) groups excluding carboxylic acids is 2. The van der Waals surface area contributed by atoms with E-state index in [4.69, 9.17) is 9.47 Å². The van der Waals surface area contributed by atoms with Crippen LogP contribution in [-0.2, 0) is 4.79 Å². The minimum atomic E-state index is -0.456. The Hall–Kier alpha value is -5.16. The molecule has 43 heavy (non-hydrogen) atoms. The van der Waals surface area contributed by atoms with Gasteiger partial charge in [0.2, 0.25) is 0 Å². The zero-order valence-electron chi connectivity index (χ0n) is 24.1. The Balaban J connectivity index is 1.31. The number of anilines is 1. The number of esters is 1. The molecule has 1 N–H and O–H groups in total. The molecular formula is C38H31NO4. The van der Waals surface area contributed by atoms with Crippen LogP contribution < -0.4 is 14.8 Å². The summed E-state index contributed by atoms with van der Waals surface area (Å²) in [6.07, 6.45) is 1.22. The third-order valence-corrected chi connectivity index (χ3v) is 8.61. The molecule has 0 radical (unpaired) electrons. The number of hydrogen-bond acceptors (Lipinski definition) is 5. The van der Waals surface area contributed by atoms with Crippen LogP contribution in [0.1, 0.15) is 57.4 Å². The van der Waals surface area contributed by atoms with Gasteiger partial charge in [0, 0.05) is 23.2 Å². The van der Waals surface area contributed by atoms with E-state index in [-0.39, 0.29) is 17.7 Å². The van der Waals surface area contributed by atoms with Crippen molar-refractivity contribution in [2.45, 2.75) is 31.7 Å². The Bertz CT molecular complexity index is 1910. The average molecular weight is 566 g/mol. The molecule has 5 heteroatoms. The zero-order chi connectivity index (χ0) is 29.5. The van der Waals surface area contributed by atoms with Gasteiger partial charge in [0.05, 0.1) is 18.7 Å². The lowest BCUT2D eigenvalue weighted by Gasteiger charge is -2.37. The van der Waals surface area contributed by atoms with Gasteiger partial charge < -0.3 is 14.8 Å². The van der Waals surface area contributed by atoms with E-state index >= 15 is 0 Å². The van der Waals surface area contributed by atoms with Gasteiger partial charge in [-0.1, -0.05) is 84.4 Å². The molecule has 2 aliphatic rings. The predicted molar refractivity (Wildman–Crippen MR) is 170 cm³/mol. The van der Waals surface area contributed by atoms with E-state index < -0.39 is 5.97 Å². The first-order valence-electron chi connectivity index (χ1n) is 14.6. The van der Waals surface area contributed by atoms with Crippen LogP contribution in [0.2, 0.25) is 0 Å². The average Bonchev–Trinajstić information content (AvgIpc) is 3.04. The number of aryl methyl sites for hydroxylation is 1. The molecule has 0 aromatic heterocycles. The molecule has 1 heterocycles. The molecule has 0 saturated carbocycles.